The van der Waals surface area contributed by atoms with Crippen LogP contribution in [0.4, 0.5) is 0 Å². The molecule has 0 fully saturated rings. The minimum Gasteiger partial charge on any atom is -0.756 e. The van der Waals surface area contributed by atoms with Crippen molar-refractivity contribution in [1.82, 2.24) is 0 Å². The largest absolute Gasteiger partial charge is 0.756 e. The molecule has 0 aromatic carbocycles. The first-order valence-electron chi connectivity index (χ1n) is 31.2. The summed E-state index contributed by atoms with van der Waals surface area (Å²) < 4.78 is 33.9. The number of quaternary nitrogens is 1. The van der Waals surface area contributed by atoms with Crippen LogP contribution in [0.1, 0.15) is 328 Å². The Morgan fingerprint density at radius 2 is 0.634 bits per heavy atom. The predicted molar refractivity (Wildman–Crippen MR) is 301 cm³/mol. The van der Waals surface area contributed by atoms with E-state index in [1.807, 2.05) is 21.1 Å². The third kappa shape index (κ3) is 58.1. The first kappa shape index (κ1) is 70.0. The molecular weight excluding hydrogens is 906 g/mol. The fourth-order valence-electron chi connectivity index (χ4n) is 9.54. The molecule has 0 saturated heterocycles. The predicted octanol–water partition coefficient (Wildman–Crippen LogP) is 18.8. The Kier molecular flexibility index (Phi) is 53.1. The third-order valence-electron chi connectivity index (χ3n) is 14.4. The van der Waals surface area contributed by atoms with Crippen LogP contribution in [0.25, 0.3) is 0 Å². The molecule has 0 aromatic heterocycles. The summed E-state index contributed by atoms with van der Waals surface area (Å²) in [5.74, 6) is -0.827. The summed E-state index contributed by atoms with van der Waals surface area (Å²) in [6.45, 7) is 4.21. The quantitative estimate of drug-likeness (QED) is 0.0256. The van der Waals surface area contributed by atoms with Gasteiger partial charge in [-0.25, -0.2) is 0 Å². The van der Waals surface area contributed by atoms with Gasteiger partial charge in [0.1, 0.15) is 19.8 Å². The molecule has 0 heterocycles. The van der Waals surface area contributed by atoms with Crippen molar-refractivity contribution in [3.8, 4) is 0 Å². The van der Waals surface area contributed by atoms with Gasteiger partial charge < -0.3 is 27.9 Å². The SMILES string of the molecule is CCCCCCCCCCCCCCCCCCCCCCCCCCCCCCCCCCCCCCCCCCCC(=O)OC(COC(=O)CCCCCCCC)COP(=O)([O-])OCC[N+](C)(C)C. The molecule has 0 bridgehead atoms. The minimum absolute atomic E-state index is 0.0260. The average Bonchev–Trinajstić information content (AvgIpc) is 3.33. The molecule has 2 unspecified atom stereocenters. The van der Waals surface area contributed by atoms with Crippen LogP contribution >= 0.6 is 7.82 Å². The Hall–Kier alpha value is -0.990. The van der Waals surface area contributed by atoms with E-state index in [0.29, 0.717) is 17.4 Å². The van der Waals surface area contributed by atoms with Crippen molar-refractivity contribution in [3.05, 3.63) is 0 Å². The number of hydrogen-bond donors (Lipinski definition) is 0. The van der Waals surface area contributed by atoms with E-state index in [2.05, 4.69) is 13.8 Å². The van der Waals surface area contributed by atoms with E-state index in [-0.39, 0.29) is 32.0 Å². The van der Waals surface area contributed by atoms with Crippen molar-refractivity contribution in [2.24, 2.45) is 0 Å². The highest BCUT2D eigenvalue weighted by Gasteiger charge is 2.22. The van der Waals surface area contributed by atoms with E-state index in [4.69, 9.17) is 18.5 Å². The van der Waals surface area contributed by atoms with Gasteiger partial charge in [-0.1, -0.05) is 303 Å². The summed E-state index contributed by atoms with van der Waals surface area (Å²) in [4.78, 5) is 37.4. The first-order chi connectivity index (χ1) is 34.5. The second kappa shape index (κ2) is 53.8. The van der Waals surface area contributed by atoms with Gasteiger partial charge in [-0.3, -0.25) is 14.2 Å². The van der Waals surface area contributed by atoms with Gasteiger partial charge in [0.2, 0.25) is 0 Å². The molecule has 0 aliphatic heterocycles. The number of nitrogens with zero attached hydrogens (tertiary/aromatic N) is 1. The molecular formula is C61H122NO8P. The molecule has 9 nitrogen and oxygen atoms in total. The van der Waals surface area contributed by atoms with Crippen LogP contribution in [0.15, 0.2) is 0 Å². The van der Waals surface area contributed by atoms with Crippen LogP contribution < -0.4 is 4.89 Å². The highest BCUT2D eigenvalue weighted by molar-refractivity contribution is 7.45. The molecule has 0 rings (SSSR count). The highest BCUT2D eigenvalue weighted by Crippen LogP contribution is 2.38. The maximum Gasteiger partial charge on any atom is 0.306 e. The molecule has 0 N–H and O–H groups in total. The van der Waals surface area contributed by atoms with Gasteiger partial charge in [-0.2, -0.15) is 0 Å². The van der Waals surface area contributed by atoms with Gasteiger partial charge in [-0.05, 0) is 12.8 Å². The molecule has 424 valence electrons. The summed E-state index contributed by atoms with van der Waals surface area (Å²) >= 11 is 0. The molecule has 71 heavy (non-hydrogen) atoms. The fraction of sp³-hybridized carbons (Fsp3) is 0.967. The zero-order chi connectivity index (χ0) is 52.0. The van der Waals surface area contributed by atoms with Gasteiger partial charge in [0.05, 0.1) is 27.7 Å². The molecule has 0 aliphatic rings. The van der Waals surface area contributed by atoms with Gasteiger partial charge in [0.15, 0.2) is 6.10 Å². The highest BCUT2D eigenvalue weighted by atomic mass is 31.2. The average molecular weight is 1030 g/mol. The van der Waals surface area contributed by atoms with Crippen LogP contribution in [0.2, 0.25) is 0 Å². The lowest BCUT2D eigenvalue weighted by atomic mass is 10.0. The summed E-state index contributed by atoms with van der Waals surface area (Å²) in [7, 11) is 1.18. The van der Waals surface area contributed by atoms with Crippen LogP contribution in [-0.4, -0.2) is 70.0 Å². The number of carbonyl (C=O) groups excluding carboxylic acids is 2. The Bertz CT molecular complexity index is 1160. The Labute approximate surface area is 442 Å². The summed E-state index contributed by atoms with van der Waals surface area (Å²) in [6.07, 6.45) is 62.6. The first-order valence-corrected chi connectivity index (χ1v) is 32.7. The lowest BCUT2D eigenvalue weighted by Crippen LogP contribution is -2.37. The number of unbranched alkanes of at least 4 members (excludes halogenated alkanes) is 45. The summed E-state index contributed by atoms with van der Waals surface area (Å²) in [6, 6.07) is 0. The zero-order valence-corrected chi connectivity index (χ0v) is 49.1. The van der Waals surface area contributed by atoms with Gasteiger partial charge in [0.25, 0.3) is 7.82 Å². The van der Waals surface area contributed by atoms with E-state index >= 15 is 0 Å². The number of phosphoric ester groups is 1. The van der Waals surface area contributed by atoms with E-state index in [1.54, 1.807) is 0 Å². The zero-order valence-electron chi connectivity index (χ0n) is 48.2. The lowest BCUT2D eigenvalue weighted by Gasteiger charge is -2.28. The van der Waals surface area contributed by atoms with Gasteiger partial charge in [0, 0.05) is 12.8 Å². The van der Waals surface area contributed by atoms with Crippen LogP contribution in [0.5, 0.6) is 0 Å². The molecule has 0 aliphatic carbocycles. The van der Waals surface area contributed by atoms with Crippen LogP contribution in [-0.2, 0) is 32.7 Å². The van der Waals surface area contributed by atoms with E-state index in [9.17, 15) is 19.0 Å². The molecule has 0 aromatic rings. The second-order valence-electron chi connectivity index (χ2n) is 22.8. The minimum atomic E-state index is -4.61. The van der Waals surface area contributed by atoms with Crippen molar-refractivity contribution < 1.29 is 42.1 Å². The monoisotopic (exact) mass is 1030 g/mol. The van der Waals surface area contributed by atoms with Crippen molar-refractivity contribution in [1.29, 1.82) is 0 Å². The molecule has 10 heteroatoms. The Morgan fingerprint density at radius 1 is 0.380 bits per heavy atom. The number of rotatable bonds is 59. The molecule has 0 saturated carbocycles. The molecule has 0 radical (unpaired) electrons. The summed E-state index contributed by atoms with van der Waals surface area (Å²) in [5.41, 5.74) is 0. The molecule has 0 spiro atoms. The number of hydrogen-bond acceptors (Lipinski definition) is 8. The Balaban J connectivity index is 3.65. The van der Waals surface area contributed by atoms with Crippen molar-refractivity contribution in [2.45, 2.75) is 335 Å². The third-order valence-corrected chi connectivity index (χ3v) is 15.3. The fourth-order valence-corrected chi connectivity index (χ4v) is 10.3. The molecule has 0 amide bonds. The number of likely N-dealkylation sites (N-methyl/N-ethyl adjacent to an activating group) is 1. The topological polar surface area (TPSA) is 111 Å². The van der Waals surface area contributed by atoms with Crippen molar-refractivity contribution >= 4 is 19.8 Å². The number of carbonyl (C=O) groups is 2. The maximum atomic E-state index is 12.7. The van der Waals surface area contributed by atoms with Crippen molar-refractivity contribution in [2.75, 3.05) is 47.5 Å². The number of phosphoric acid groups is 1. The van der Waals surface area contributed by atoms with E-state index < -0.39 is 26.5 Å². The Morgan fingerprint density at radius 3 is 0.901 bits per heavy atom. The number of ether oxygens (including phenoxy) is 2. The van der Waals surface area contributed by atoms with Gasteiger partial charge >= 0.3 is 11.9 Å². The van der Waals surface area contributed by atoms with Crippen LogP contribution in [0.3, 0.4) is 0 Å². The second-order valence-corrected chi connectivity index (χ2v) is 24.2. The van der Waals surface area contributed by atoms with E-state index in [0.717, 1.165) is 38.5 Å². The summed E-state index contributed by atoms with van der Waals surface area (Å²) in [5, 5.41) is 0. The van der Waals surface area contributed by atoms with E-state index in [1.165, 1.54) is 257 Å². The maximum absolute atomic E-state index is 12.7. The normalized spacial score (nSPS) is 13.2. The standard InChI is InChI=1S/C61H122NO8P/c1-6-8-10-12-14-15-16-17-18-19-20-21-22-23-24-25-26-27-28-29-30-31-32-33-34-35-36-37-38-39-40-41-42-43-44-45-46-47-48-50-52-54-61(64)70-59(57-67-60(63)53-51-49-13-11-9-7-2)58-69-71(65,66)68-56-55-62(3,4)5/h59H,6-58H2,1-5H3. The van der Waals surface area contributed by atoms with Crippen LogP contribution in [0, 0.1) is 0 Å². The lowest BCUT2D eigenvalue weighted by molar-refractivity contribution is -0.870. The van der Waals surface area contributed by atoms with Gasteiger partial charge in [-0.15, -0.1) is 0 Å². The van der Waals surface area contributed by atoms with Crippen molar-refractivity contribution in [3.63, 3.8) is 0 Å². The smallest absolute Gasteiger partial charge is 0.306 e. The molecule has 2 atom stereocenters. The number of esters is 2.